The number of benzene rings is 1. The van der Waals surface area contributed by atoms with Crippen molar-refractivity contribution in [3.8, 4) is 5.75 Å². The first-order valence-corrected chi connectivity index (χ1v) is 6.20. The lowest BCUT2D eigenvalue weighted by molar-refractivity contribution is 0.189. The third-order valence-corrected chi connectivity index (χ3v) is 3.16. The molecule has 0 spiro atoms. The van der Waals surface area contributed by atoms with Gasteiger partial charge in [-0.15, -0.1) is 10.2 Å². The van der Waals surface area contributed by atoms with Gasteiger partial charge in [-0.25, -0.2) is 4.79 Å². The Bertz CT molecular complexity index is 614. The summed E-state index contributed by atoms with van der Waals surface area (Å²) in [5.74, 6) is 1.22. The highest BCUT2D eigenvalue weighted by Crippen LogP contribution is 2.27. The van der Waals surface area contributed by atoms with Crippen LogP contribution in [0.25, 0.3) is 0 Å². The Morgan fingerprint density at radius 3 is 3.20 bits per heavy atom. The van der Waals surface area contributed by atoms with Crippen molar-refractivity contribution in [2.24, 2.45) is 0 Å². The van der Waals surface area contributed by atoms with Gasteiger partial charge in [0.2, 0.25) is 0 Å². The van der Waals surface area contributed by atoms with Gasteiger partial charge in [0.1, 0.15) is 11.8 Å². The van der Waals surface area contributed by atoms with Crippen molar-refractivity contribution < 1.29 is 14.6 Å². The molecule has 3 rings (SSSR count). The Labute approximate surface area is 114 Å². The smallest absolute Gasteiger partial charge is 0.405 e. The van der Waals surface area contributed by atoms with Crippen molar-refractivity contribution in [3.63, 3.8) is 0 Å². The minimum Gasteiger partial charge on any atom is -0.493 e. The van der Waals surface area contributed by atoms with Gasteiger partial charge in [-0.05, 0) is 17.2 Å². The zero-order chi connectivity index (χ0) is 13.9. The van der Waals surface area contributed by atoms with Crippen LogP contribution in [-0.4, -0.2) is 38.4 Å². The van der Waals surface area contributed by atoms with Gasteiger partial charge in [0.25, 0.3) is 0 Å². The molecule has 0 radical (unpaired) electrons. The fourth-order valence-corrected chi connectivity index (χ4v) is 2.28. The summed E-state index contributed by atoms with van der Waals surface area (Å²) < 4.78 is 5.45. The van der Waals surface area contributed by atoms with Crippen LogP contribution < -0.4 is 10.1 Å². The van der Waals surface area contributed by atoms with Crippen LogP contribution in [0.1, 0.15) is 23.0 Å². The number of rotatable bonds is 4. The lowest BCUT2D eigenvalue weighted by Gasteiger charge is -2.13. The van der Waals surface area contributed by atoms with Crippen molar-refractivity contribution in [1.82, 2.24) is 25.9 Å². The van der Waals surface area contributed by atoms with Gasteiger partial charge in [-0.3, -0.25) is 0 Å². The summed E-state index contributed by atoms with van der Waals surface area (Å²) in [6, 6.07) is 5.32. The molecule has 1 aromatic heterocycles. The van der Waals surface area contributed by atoms with E-state index in [9.17, 15) is 4.79 Å². The molecule has 0 bridgehead atoms. The summed E-state index contributed by atoms with van der Waals surface area (Å²) in [7, 11) is 0. The lowest BCUT2D eigenvalue weighted by atomic mass is 10.0. The third kappa shape index (κ3) is 2.53. The summed E-state index contributed by atoms with van der Waals surface area (Å²) in [6.07, 6.45) is 0.214. The van der Waals surface area contributed by atoms with E-state index in [2.05, 4.69) is 25.9 Å². The maximum absolute atomic E-state index is 10.9. The monoisotopic (exact) mass is 275 g/mol. The molecule has 0 unspecified atom stereocenters. The van der Waals surface area contributed by atoms with Crippen molar-refractivity contribution in [2.75, 3.05) is 6.61 Å². The summed E-state index contributed by atoms with van der Waals surface area (Å²) in [5.41, 5.74) is 2.14. The van der Waals surface area contributed by atoms with Gasteiger partial charge in [0.15, 0.2) is 5.82 Å². The zero-order valence-electron chi connectivity index (χ0n) is 10.5. The number of aromatic amines is 1. The molecule has 0 saturated heterocycles. The van der Waals surface area contributed by atoms with Gasteiger partial charge in [0.05, 0.1) is 6.61 Å². The Balaban J connectivity index is 1.81. The van der Waals surface area contributed by atoms with E-state index in [1.54, 1.807) is 0 Å². The summed E-state index contributed by atoms with van der Waals surface area (Å²) in [5, 5.41) is 24.8. The Morgan fingerprint density at radius 2 is 2.45 bits per heavy atom. The number of hydrogen-bond donors (Lipinski definition) is 3. The Hall–Kier alpha value is -2.64. The molecule has 1 aliphatic heterocycles. The van der Waals surface area contributed by atoms with Crippen LogP contribution in [0.5, 0.6) is 5.75 Å². The summed E-state index contributed by atoms with van der Waals surface area (Å²) >= 11 is 0. The predicted molar refractivity (Wildman–Crippen MR) is 67.4 cm³/mol. The fraction of sp³-hybridized carbons (Fsp3) is 0.333. The molecule has 104 valence electrons. The highest BCUT2D eigenvalue weighted by molar-refractivity contribution is 5.65. The number of amides is 1. The first kappa shape index (κ1) is 12.4. The van der Waals surface area contributed by atoms with E-state index >= 15 is 0 Å². The molecule has 1 amide bonds. The van der Waals surface area contributed by atoms with Gasteiger partial charge < -0.3 is 15.2 Å². The number of carboxylic acid groups (broad SMARTS) is 1. The van der Waals surface area contributed by atoms with E-state index in [4.69, 9.17) is 9.84 Å². The maximum Gasteiger partial charge on any atom is 0.405 e. The molecular formula is C12H13N5O3. The molecule has 3 N–H and O–H groups in total. The molecule has 20 heavy (non-hydrogen) atoms. The van der Waals surface area contributed by atoms with Crippen LogP contribution in [-0.2, 0) is 12.8 Å². The number of tetrazole rings is 1. The van der Waals surface area contributed by atoms with Crippen molar-refractivity contribution >= 4 is 6.09 Å². The second-order valence-corrected chi connectivity index (χ2v) is 4.52. The minimum absolute atomic E-state index is 0.323. The van der Waals surface area contributed by atoms with Crippen LogP contribution in [0.2, 0.25) is 0 Å². The molecule has 1 aromatic carbocycles. The summed E-state index contributed by atoms with van der Waals surface area (Å²) in [6.45, 7) is 0.695. The van der Waals surface area contributed by atoms with Gasteiger partial charge in [0, 0.05) is 12.8 Å². The first-order valence-electron chi connectivity index (χ1n) is 6.20. The second-order valence-electron chi connectivity index (χ2n) is 4.52. The van der Waals surface area contributed by atoms with Crippen LogP contribution in [0.4, 0.5) is 4.79 Å². The molecule has 2 aromatic rings. The highest BCUT2D eigenvalue weighted by atomic mass is 16.5. The van der Waals surface area contributed by atoms with Crippen LogP contribution in [0.3, 0.4) is 0 Å². The van der Waals surface area contributed by atoms with E-state index < -0.39 is 12.1 Å². The van der Waals surface area contributed by atoms with E-state index in [1.807, 2.05) is 18.2 Å². The minimum atomic E-state index is -1.12. The highest BCUT2D eigenvalue weighted by Gasteiger charge is 2.20. The van der Waals surface area contributed by atoms with E-state index in [-0.39, 0.29) is 0 Å². The summed E-state index contributed by atoms with van der Waals surface area (Å²) in [4.78, 5) is 10.9. The molecule has 0 aliphatic carbocycles. The fourth-order valence-electron chi connectivity index (χ4n) is 2.28. The molecular weight excluding hydrogens is 262 g/mol. The predicted octanol–water partition coefficient (Wildman–Crippen LogP) is 0.686. The number of hydrogen-bond acceptors (Lipinski definition) is 5. The number of nitrogens with zero attached hydrogens (tertiary/aromatic N) is 3. The average Bonchev–Trinajstić information content (AvgIpc) is 3.08. The van der Waals surface area contributed by atoms with E-state index in [1.165, 1.54) is 0 Å². The molecule has 1 aliphatic rings. The number of aromatic nitrogens is 4. The molecule has 8 nitrogen and oxygen atoms in total. The zero-order valence-corrected chi connectivity index (χ0v) is 10.5. The topological polar surface area (TPSA) is 113 Å². The maximum atomic E-state index is 10.9. The van der Waals surface area contributed by atoms with Crippen LogP contribution in [0.15, 0.2) is 18.2 Å². The van der Waals surface area contributed by atoms with Gasteiger partial charge in [-0.1, -0.05) is 17.3 Å². The standard InChI is InChI=1S/C12H13N5O3/c18-12(19)13-9(11-14-16-17-15-11)6-7-1-2-10-8(5-7)3-4-20-10/h1-2,5,9,13H,3-4,6H2,(H,18,19)(H,14,15,16,17)/t9-/m0/s1. The Morgan fingerprint density at radius 1 is 1.55 bits per heavy atom. The van der Waals surface area contributed by atoms with Crippen LogP contribution in [0, 0.1) is 0 Å². The SMILES string of the molecule is O=C(O)N[C@@H](Cc1ccc2c(c1)CCO2)c1nn[nH]n1. The Kier molecular flexibility index (Phi) is 3.20. The largest absolute Gasteiger partial charge is 0.493 e. The van der Waals surface area contributed by atoms with Crippen molar-refractivity contribution in [2.45, 2.75) is 18.9 Å². The number of carbonyl (C=O) groups is 1. The van der Waals surface area contributed by atoms with Gasteiger partial charge >= 0.3 is 6.09 Å². The molecule has 0 saturated carbocycles. The lowest BCUT2D eigenvalue weighted by Crippen LogP contribution is -2.29. The van der Waals surface area contributed by atoms with Crippen LogP contribution >= 0.6 is 0 Å². The molecule has 2 heterocycles. The number of nitrogens with one attached hydrogen (secondary N) is 2. The van der Waals surface area contributed by atoms with Gasteiger partial charge in [-0.2, -0.15) is 5.21 Å². The van der Waals surface area contributed by atoms with E-state index in [0.717, 1.165) is 23.3 Å². The second kappa shape index (κ2) is 5.16. The first-order chi connectivity index (χ1) is 9.72. The quantitative estimate of drug-likeness (QED) is 0.756. The molecule has 1 atom stereocenters. The number of fused-ring (bicyclic) bond motifs is 1. The number of ether oxygens (including phenoxy) is 1. The molecule has 8 heteroatoms. The average molecular weight is 275 g/mol. The van der Waals surface area contributed by atoms with Crippen molar-refractivity contribution in [1.29, 1.82) is 0 Å². The van der Waals surface area contributed by atoms with E-state index in [0.29, 0.717) is 18.9 Å². The van der Waals surface area contributed by atoms with Crippen molar-refractivity contribution in [3.05, 3.63) is 35.2 Å². The number of H-pyrrole nitrogens is 1. The normalized spacial score (nSPS) is 14.4. The molecule has 0 fully saturated rings. The third-order valence-electron chi connectivity index (χ3n) is 3.16.